The van der Waals surface area contributed by atoms with Crippen LogP contribution in [0.4, 0.5) is 4.39 Å². The molecule has 11 heteroatoms. The second-order valence-corrected chi connectivity index (χ2v) is 12.7. The van der Waals surface area contributed by atoms with Crippen molar-refractivity contribution in [1.82, 2.24) is 9.44 Å². The number of sulfonamides is 2. The van der Waals surface area contributed by atoms with Gasteiger partial charge >= 0.3 is 0 Å². The molecule has 1 aromatic carbocycles. The SMILES string of the molecule is CC(C)S(=O)(=O)NCC(C)(O)c1ccc(C(C)(O)CNS(=O)(=O)C(C)C)c(F)c1. The molecule has 2 atom stereocenters. The number of benzene rings is 1. The molecule has 168 valence electrons. The molecule has 8 nitrogen and oxygen atoms in total. The van der Waals surface area contributed by atoms with Gasteiger partial charge in [-0.25, -0.2) is 30.7 Å². The zero-order chi connectivity index (χ0) is 22.8. The van der Waals surface area contributed by atoms with E-state index >= 15 is 0 Å². The first kappa shape index (κ1) is 25.9. The van der Waals surface area contributed by atoms with Crippen LogP contribution in [0, 0.1) is 5.82 Å². The van der Waals surface area contributed by atoms with E-state index in [0.29, 0.717) is 0 Å². The summed E-state index contributed by atoms with van der Waals surface area (Å²) in [5.41, 5.74) is -3.60. The van der Waals surface area contributed by atoms with Crippen molar-refractivity contribution in [3.05, 3.63) is 35.1 Å². The molecule has 2 unspecified atom stereocenters. The van der Waals surface area contributed by atoms with Crippen LogP contribution < -0.4 is 9.44 Å². The van der Waals surface area contributed by atoms with Crippen LogP contribution in [0.5, 0.6) is 0 Å². The molecule has 0 heterocycles. The molecule has 0 saturated heterocycles. The van der Waals surface area contributed by atoms with Crippen LogP contribution in [-0.2, 0) is 31.2 Å². The second kappa shape index (κ2) is 8.94. The summed E-state index contributed by atoms with van der Waals surface area (Å²) in [5.74, 6) is -0.858. The van der Waals surface area contributed by atoms with E-state index in [4.69, 9.17) is 0 Å². The molecule has 1 aromatic rings. The van der Waals surface area contributed by atoms with Crippen molar-refractivity contribution in [2.24, 2.45) is 0 Å². The fourth-order valence-electron chi connectivity index (χ4n) is 2.30. The molecule has 0 spiro atoms. The zero-order valence-corrected chi connectivity index (χ0v) is 19.2. The van der Waals surface area contributed by atoms with E-state index in [1.165, 1.54) is 53.7 Å². The average molecular weight is 455 g/mol. The monoisotopic (exact) mass is 454 g/mol. The molecule has 4 N–H and O–H groups in total. The predicted molar refractivity (Wildman–Crippen MR) is 110 cm³/mol. The molecular formula is C18H31FN2O6S2. The summed E-state index contributed by atoms with van der Waals surface area (Å²) >= 11 is 0. The fourth-order valence-corrected chi connectivity index (χ4v) is 3.93. The topological polar surface area (TPSA) is 133 Å². The van der Waals surface area contributed by atoms with Crippen LogP contribution >= 0.6 is 0 Å². The highest BCUT2D eigenvalue weighted by Crippen LogP contribution is 2.28. The van der Waals surface area contributed by atoms with Gasteiger partial charge in [0.05, 0.1) is 10.5 Å². The third kappa shape index (κ3) is 6.69. The highest BCUT2D eigenvalue weighted by atomic mass is 32.2. The van der Waals surface area contributed by atoms with Gasteiger partial charge in [-0.2, -0.15) is 0 Å². The van der Waals surface area contributed by atoms with E-state index < -0.39 is 54.1 Å². The maximum Gasteiger partial charge on any atom is 0.214 e. The van der Waals surface area contributed by atoms with Gasteiger partial charge in [0.15, 0.2) is 0 Å². The van der Waals surface area contributed by atoms with Gasteiger partial charge in [-0.1, -0.05) is 12.1 Å². The van der Waals surface area contributed by atoms with Gasteiger partial charge in [-0.3, -0.25) is 0 Å². The van der Waals surface area contributed by atoms with Crippen molar-refractivity contribution >= 4 is 20.0 Å². The van der Waals surface area contributed by atoms with Crippen molar-refractivity contribution in [1.29, 1.82) is 0 Å². The molecule has 0 bridgehead atoms. The van der Waals surface area contributed by atoms with Crippen molar-refractivity contribution in [2.75, 3.05) is 13.1 Å². The van der Waals surface area contributed by atoms with E-state index in [1.807, 2.05) is 0 Å². The lowest BCUT2D eigenvalue weighted by Gasteiger charge is -2.28. The highest BCUT2D eigenvalue weighted by Gasteiger charge is 2.32. The summed E-state index contributed by atoms with van der Waals surface area (Å²) < 4.78 is 66.7. The Morgan fingerprint density at radius 3 is 1.69 bits per heavy atom. The number of nitrogens with one attached hydrogen (secondary N) is 2. The van der Waals surface area contributed by atoms with Crippen molar-refractivity contribution in [3.63, 3.8) is 0 Å². The average Bonchev–Trinajstić information content (AvgIpc) is 2.58. The van der Waals surface area contributed by atoms with Gasteiger partial charge in [-0.05, 0) is 53.2 Å². The zero-order valence-electron chi connectivity index (χ0n) is 17.5. The Morgan fingerprint density at radius 1 is 0.897 bits per heavy atom. The van der Waals surface area contributed by atoms with Crippen LogP contribution in [0.3, 0.4) is 0 Å². The maximum atomic E-state index is 14.7. The molecular weight excluding hydrogens is 423 g/mol. The molecule has 0 fully saturated rings. The summed E-state index contributed by atoms with van der Waals surface area (Å²) in [5, 5.41) is 19.7. The fraction of sp³-hybridized carbons (Fsp3) is 0.667. The Labute approximate surface area is 172 Å². The standard InChI is InChI=1S/C18H31FN2O6S2/c1-12(2)28(24,25)20-10-17(5,22)14-7-8-15(16(19)9-14)18(6,23)11-21-29(26,27)13(3)4/h7-9,12-13,20-23H,10-11H2,1-6H3. The lowest BCUT2D eigenvalue weighted by Crippen LogP contribution is -2.42. The lowest BCUT2D eigenvalue weighted by molar-refractivity contribution is 0.0553. The molecule has 1 rings (SSSR count). The predicted octanol–water partition coefficient (Wildman–Crippen LogP) is 0.896. The Morgan fingerprint density at radius 2 is 1.31 bits per heavy atom. The summed E-state index contributed by atoms with van der Waals surface area (Å²) in [6.45, 7) is 7.72. The molecule has 0 aliphatic rings. The Kier molecular flexibility index (Phi) is 8.00. The molecule has 0 saturated carbocycles. The lowest BCUT2D eigenvalue weighted by atomic mass is 9.90. The molecule has 0 aromatic heterocycles. The highest BCUT2D eigenvalue weighted by molar-refractivity contribution is 7.90. The summed E-state index contributed by atoms with van der Waals surface area (Å²) in [6.07, 6.45) is 0. The van der Waals surface area contributed by atoms with Gasteiger partial charge in [0.2, 0.25) is 20.0 Å². The number of aliphatic hydroxyl groups is 2. The minimum absolute atomic E-state index is 0.101. The van der Waals surface area contributed by atoms with Gasteiger partial charge in [0, 0.05) is 18.7 Å². The minimum Gasteiger partial charge on any atom is -0.384 e. The van der Waals surface area contributed by atoms with E-state index in [1.54, 1.807) is 0 Å². The maximum absolute atomic E-state index is 14.7. The first-order valence-electron chi connectivity index (χ1n) is 9.14. The second-order valence-electron chi connectivity index (χ2n) is 8.07. The first-order chi connectivity index (χ1) is 12.9. The van der Waals surface area contributed by atoms with Crippen LogP contribution in [0.2, 0.25) is 0 Å². The largest absolute Gasteiger partial charge is 0.384 e. The normalized spacial score (nSPS) is 17.3. The number of halogens is 1. The van der Waals surface area contributed by atoms with E-state index in [9.17, 15) is 31.4 Å². The van der Waals surface area contributed by atoms with Crippen LogP contribution in [-0.4, -0.2) is 50.6 Å². The number of hydrogen-bond acceptors (Lipinski definition) is 6. The minimum atomic E-state index is -3.65. The molecule has 0 aliphatic carbocycles. The van der Waals surface area contributed by atoms with Gasteiger partial charge in [0.25, 0.3) is 0 Å². The molecule has 0 radical (unpaired) electrons. The first-order valence-corrected chi connectivity index (χ1v) is 12.2. The van der Waals surface area contributed by atoms with Gasteiger partial charge in [0.1, 0.15) is 17.0 Å². The van der Waals surface area contributed by atoms with E-state index in [2.05, 4.69) is 9.44 Å². The van der Waals surface area contributed by atoms with Gasteiger partial charge < -0.3 is 10.2 Å². The van der Waals surface area contributed by atoms with E-state index in [0.717, 1.165) is 6.07 Å². The molecule has 0 amide bonds. The van der Waals surface area contributed by atoms with Crippen LogP contribution in [0.15, 0.2) is 18.2 Å². The van der Waals surface area contributed by atoms with Crippen LogP contribution in [0.1, 0.15) is 52.7 Å². The smallest absolute Gasteiger partial charge is 0.214 e. The Bertz CT molecular complexity index is 926. The van der Waals surface area contributed by atoms with Crippen LogP contribution in [0.25, 0.3) is 0 Å². The Hall–Kier alpha value is -1.11. The van der Waals surface area contributed by atoms with Crippen molar-refractivity contribution in [3.8, 4) is 0 Å². The number of rotatable bonds is 10. The summed E-state index contributed by atoms with van der Waals surface area (Å²) in [7, 11) is -7.27. The molecule has 0 aliphatic heterocycles. The van der Waals surface area contributed by atoms with Gasteiger partial charge in [-0.15, -0.1) is 0 Å². The van der Waals surface area contributed by atoms with Crippen molar-refractivity contribution < 1.29 is 31.4 Å². The third-order valence-electron chi connectivity index (χ3n) is 4.65. The summed E-state index contributed by atoms with van der Waals surface area (Å²) in [4.78, 5) is 0. The quantitative estimate of drug-likeness (QED) is 0.415. The third-order valence-corrected chi connectivity index (χ3v) is 8.22. The Balaban J connectivity index is 3.05. The van der Waals surface area contributed by atoms with Crippen molar-refractivity contribution in [2.45, 2.75) is 63.2 Å². The number of hydrogen-bond donors (Lipinski definition) is 4. The molecule has 29 heavy (non-hydrogen) atoms. The summed E-state index contributed by atoms with van der Waals surface area (Å²) in [6, 6.07) is 3.58. The van der Waals surface area contributed by atoms with E-state index in [-0.39, 0.29) is 17.7 Å².